The standard InChI is InChI=1S/C31H48O4/c1-26(2)22-9-12-31(7)24(29(22,5)11-10-23(26)33)21(32)17-19-20-18-28(4,25(34)35-8)14-13-27(20,3)15-16-30(19,31)6/h17,20,22-24,33H,9-16,18H2,1-8H3/t20-,22+,23+,24-,27-,28+,29-,30+,31+/m1/s1. The number of carbonyl (C=O) groups is 2. The van der Waals surface area contributed by atoms with E-state index >= 15 is 0 Å². The molecule has 4 heteroatoms. The third kappa shape index (κ3) is 3.07. The Bertz CT molecular complexity index is 980. The smallest absolute Gasteiger partial charge is 0.311 e. The molecule has 196 valence electrons. The number of aliphatic hydroxyl groups excluding tert-OH is 1. The molecule has 0 amide bonds. The first kappa shape index (κ1) is 25.5. The van der Waals surface area contributed by atoms with E-state index < -0.39 is 5.41 Å². The first-order valence-electron chi connectivity index (χ1n) is 14.1. The third-order valence-electron chi connectivity index (χ3n) is 13.2. The van der Waals surface area contributed by atoms with E-state index in [4.69, 9.17) is 4.74 Å². The summed E-state index contributed by atoms with van der Waals surface area (Å²) in [5.74, 6) is 0.805. The zero-order valence-corrected chi connectivity index (χ0v) is 23.4. The molecule has 0 unspecified atom stereocenters. The second-order valence-corrected chi connectivity index (χ2v) is 15.1. The number of allylic oxidation sites excluding steroid dienone is 2. The molecule has 1 N–H and O–H groups in total. The first-order chi connectivity index (χ1) is 16.1. The molecule has 0 aromatic rings. The van der Waals surface area contributed by atoms with Crippen LogP contribution in [0.5, 0.6) is 0 Å². The largest absolute Gasteiger partial charge is 0.469 e. The zero-order valence-electron chi connectivity index (χ0n) is 23.4. The Morgan fingerprint density at radius 1 is 0.943 bits per heavy atom. The lowest BCUT2D eigenvalue weighted by Gasteiger charge is -2.70. The lowest BCUT2D eigenvalue weighted by Crippen LogP contribution is -2.66. The number of ether oxygens (including phenoxy) is 1. The fraction of sp³-hybridized carbons (Fsp3) is 0.871. The first-order valence-corrected chi connectivity index (χ1v) is 14.1. The van der Waals surface area contributed by atoms with Gasteiger partial charge in [-0.3, -0.25) is 9.59 Å². The second-order valence-electron chi connectivity index (χ2n) is 15.1. The Hall–Kier alpha value is -1.16. The molecule has 0 spiro atoms. The molecule has 5 aliphatic carbocycles. The highest BCUT2D eigenvalue weighted by Crippen LogP contribution is 2.75. The Kier molecular flexibility index (Phi) is 5.43. The van der Waals surface area contributed by atoms with Gasteiger partial charge < -0.3 is 9.84 Å². The number of hydrogen-bond donors (Lipinski definition) is 1. The van der Waals surface area contributed by atoms with Crippen molar-refractivity contribution in [2.75, 3.05) is 7.11 Å². The summed E-state index contributed by atoms with van der Waals surface area (Å²) >= 11 is 0. The van der Waals surface area contributed by atoms with Crippen LogP contribution in [0.4, 0.5) is 0 Å². The minimum atomic E-state index is -0.480. The maximum Gasteiger partial charge on any atom is 0.311 e. The van der Waals surface area contributed by atoms with Crippen LogP contribution in [0, 0.1) is 50.2 Å². The number of rotatable bonds is 1. The van der Waals surface area contributed by atoms with Crippen LogP contribution in [-0.4, -0.2) is 30.1 Å². The Balaban J connectivity index is 1.61. The van der Waals surface area contributed by atoms with Crippen molar-refractivity contribution in [1.29, 1.82) is 0 Å². The van der Waals surface area contributed by atoms with Crippen molar-refractivity contribution < 1.29 is 19.4 Å². The van der Waals surface area contributed by atoms with Crippen LogP contribution in [0.1, 0.15) is 106 Å². The highest BCUT2D eigenvalue weighted by atomic mass is 16.5. The van der Waals surface area contributed by atoms with Crippen LogP contribution in [0.25, 0.3) is 0 Å². The van der Waals surface area contributed by atoms with Crippen molar-refractivity contribution in [3.8, 4) is 0 Å². The van der Waals surface area contributed by atoms with Gasteiger partial charge in [-0.15, -0.1) is 0 Å². The van der Waals surface area contributed by atoms with Crippen LogP contribution in [0.15, 0.2) is 11.6 Å². The van der Waals surface area contributed by atoms with E-state index in [9.17, 15) is 14.7 Å². The maximum absolute atomic E-state index is 14.3. The molecular formula is C31H48O4. The van der Waals surface area contributed by atoms with Gasteiger partial charge in [-0.2, -0.15) is 0 Å². The van der Waals surface area contributed by atoms with Crippen molar-refractivity contribution in [2.24, 2.45) is 50.2 Å². The average Bonchev–Trinajstić information content (AvgIpc) is 2.78. The highest BCUT2D eigenvalue weighted by molar-refractivity contribution is 5.95. The molecule has 5 rings (SSSR count). The predicted molar refractivity (Wildman–Crippen MR) is 137 cm³/mol. The van der Waals surface area contributed by atoms with Gasteiger partial charge in [-0.05, 0) is 110 Å². The molecule has 0 saturated heterocycles. The van der Waals surface area contributed by atoms with Crippen molar-refractivity contribution in [3.05, 3.63) is 11.6 Å². The van der Waals surface area contributed by atoms with E-state index in [1.165, 1.54) is 12.7 Å². The molecule has 0 aromatic carbocycles. The number of aliphatic hydroxyl groups is 1. The highest BCUT2D eigenvalue weighted by Gasteiger charge is 2.70. The normalized spacial score (nSPS) is 52.8. The topological polar surface area (TPSA) is 63.6 Å². The van der Waals surface area contributed by atoms with Crippen molar-refractivity contribution in [3.63, 3.8) is 0 Å². The molecule has 4 fully saturated rings. The van der Waals surface area contributed by atoms with Gasteiger partial charge in [0, 0.05) is 5.92 Å². The fourth-order valence-corrected chi connectivity index (χ4v) is 10.6. The molecule has 0 aromatic heterocycles. The molecule has 4 nitrogen and oxygen atoms in total. The summed E-state index contributed by atoms with van der Waals surface area (Å²) in [6.45, 7) is 16.2. The summed E-state index contributed by atoms with van der Waals surface area (Å²) in [5, 5.41) is 10.9. The quantitative estimate of drug-likeness (QED) is 0.431. The van der Waals surface area contributed by atoms with Crippen molar-refractivity contribution in [2.45, 2.75) is 112 Å². The molecule has 4 saturated carbocycles. The molecule has 9 atom stereocenters. The Morgan fingerprint density at radius 3 is 2.26 bits per heavy atom. The van der Waals surface area contributed by atoms with E-state index in [0.29, 0.717) is 11.7 Å². The lowest BCUT2D eigenvalue weighted by atomic mass is 9.33. The molecule has 5 aliphatic rings. The Labute approximate surface area is 212 Å². The van der Waals surface area contributed by atoms with Gasteiger partial charge in [-0.1, -0.05) is 47.1 Å². The third-order valence-corrected chi connectivity index (χ3v) is 13.2. The zero-order chi connectivity index (χ0) is 25.8. The summed E-state index contributed by atoms with van der Waals surface area (Å²) in [4.78, 5) is 27.1. The second kappa shape index (κ2) is 7.45. The average molecular weight is 485 g/mol. The van der Waals surface area contributed by atoms with Gasteiger partial charge in [-0.25, -0.2) is 0 Å². The van der Waals surface area contributed by atoms with Gasteiger partial charge in [0.05, 0.1) is 18.6 Å². The van der Waals surface area contributed by atoms with Crippen LogP contribution in [0.3, 0.4) is 0 Å². The fourth-order valence-electron chi connectivity index (χ4n) is 10.6. The van der Waals surface area contributed by atoms with E-state index in [1.807, 2.05) is 0 Å². The summed E-state index contributed by atoms with van der Waals surface area (Å²) in [6.07, 6.45) is 10.5. The lowest BCUT2D eigenvalue weighted by molar-refractivity contribution is -0.202. The van der Waals surface area contributed by atoms with Crippen molar-refractivity contribution >= 4 is 11.8 Å². The number of fused-ring (bicyclic) bond motifs is 7. The van der Waals surface area contributed by atoms with Crippen LogP contribution >= 0.6 is 0 Å². The van der Waals surface area contributed by atoms with E-state index in [1.54, 1.807) is 0 Å². The molecule has 0 aliphatic heterocycles. The molecule has 0 bridgehead atoms. The summed E-state index contributed by atoms with van der Waals surface area (Å²) in [5.41, 5.74) is 0.590. The number of methoxy groups -OCH3 is 1. The number of esters is 1. The van der Waals surface area contributed by atoms with Gasteiger partial charge in [0.1, 0.15) is 0 Å². The van der Waals surface area contributed by atoms with Crippen LogP contribution in [0.2, 0.25) is 0 Å². The summed E-state index contributed by atoms with van der Waals surface area (Å²) < 4.78 is 5.25. The number of ketones is 1. The molecule has 35 heavy (non-hydrogen) atoms. The van der Waals surface area contributed by atoms with E-state index in [2.05, 4.69) is 54.5 Å². The Morgan fingerprint density at radius 2 is 1.60 bits per heavy atom. The molecular weight excluding hydrogens is 436 g/mol. The molecule has 0 radical (unpaired) electrons. The van der Waals surface area contributed by atoms with Gasteiger partial charge in [0.2, 0.25) is 0 Å². The van der Waals surface area contributed by atoms with Crippen LogP contribution in [-0.2, 0) is 14.3 Å². The predicted octanol–water partition coefficient (Wildman–Crippen LogP) is 6.50. The summed E-state index contributed by atoms with van der Waals surface area (Å²) in [7, 11) is 1.50. The number of carbonyl (C=O) groups excluding carboxylic acids is 2. The SMILES string of the molecule is COC(=O)[C@@]1(C)CC[C@]2(C)CC[C@@]3(C)C(=CC(=O)[C@@H]4[C@]5(C)CC[C@H](O)C(C)(C)[C@@H]5CC[C@@]43C)[C@H]2C1. The minimum absolute atomic E-state index is 0.00536. The van der Waals surface area contributed by atoms with Gasteiger partial charge in [0.25, 0.3) is 0 Å². The summed E-state index contributed by atoms with van der Waals surface area (Å²) in [6, 6.07) is 0. The van der Waals surface area contributed by atoms with Gasteiger partial charge in [0.15, 0.2) is 5.78 Å². The van der Waals surface area contributed by atoms with Crippen LogP contribution < -0.4 is 0 Å². The van der Waals surface area contributed by atoms with E-state index in [0.717, 1.165) is 57.8 Å². The maximum atomic E-state index is 14.3. The molecule has 0 heterocycles. The monoisotopic (exact) mass is 484 g/mol. The van der Waals surface area contributed by atoms with Crippen molar-refractivity contribution in [1.82, 2.24) is 0 Å². The van der Waals surface area contributed by atoms with E-state index in [-0.39, 0.29) is 51.0 Å². The number of hydrogen-bond acceptors (Lipinski definition) is 4. The van der Waals surface area contributed by atoms with Gasteiger partial charge >= 0.3 is 5.97 Å². The minimum Gasteiger partial charge on any atom is -0.469 e.